The summed E-state index contributed by atoms with van der Waals surface area (Å²) in [5.41, 5.74) is 0.455. The second-order valence-electron chi connectivity index (χ2n) is 2.81. The summed E-state index contributed by atoms with van der Waals surface area (Å²) >= 11 is 0. The maximum Gasteiger partial charge on any atom is 0.251 e. The van der Waals surface area contributed by atoms with Crippen LogP contribution in [0.15, 0.2) is 29.3 Å². The van der Waals surface area contributed by atoms with E-state index in [1.54, 1.807) is 25.4 Å². The van der Waals surface area contributed by atoms with Crippen molar-refractivity contribution < 1.29 is 0 Å². The molecule has 70 valence electrons. The largest absolute Gasteiger partial charge is 0.304 e. The van der Waals surface area contributed by atoms with Crippen LogP contribution in [0.5, 0.6) is 0 Å². The maximum absolute atomic E-state index is 11.1. The van der Waals surface area contributed by atoms with E-state index in [1.165, 1.54) is 6.07 Å². The lowest BCUT2D eigenvalue weighted by Gasteiger charge is -1.98. The first-order chi connectivity index (χ1) is 6.75. The van der Waals surface area contributed by atoms with E-state index in [0.717, 1.165) is 0 Å². The highest BCUT2D eigenvalue weighted by Gasteiger charge is 2.02. The van der Waals surface area contributed by atoms with Crippen LogP contribution in [0.1, 0.15) is 5.69 Å². The molecule has 14 heavy (non-hydrogen) atoms. The molecule has 0 saturated carbocycles. The molecular formula is C9H8N4O. The minimum atomic E-state index is -0.194. The molecule has 0 saturated heterocycles. The smallest absolute Gasteiger partial charge is 0.251 e. The number of hydrogen-bond acceptors (Lipinski definition) is 4. The average molecular weight is 188 g/mol. The molecule has 5 nitrogen and oxygen atoms in total. The zero-order chi connectivity index (χ0) is 9.97. The van der Waals surface area contributed by atoms with Crippen molar-refractivity contribution in [3.63, 3.8) is 0 Å². The molecule has 0 atom stereocenters. The van der Waals surface area contributed by atoms with Crippen LogP contribution in [0.4, 0.5) is 0 Å². The van der Waals surface area contributed by atoms with Gasteiger partial charge in [0, 0.05) is 24.2 Å². The Bertz CT molecular complexity index is 492. The van der Waals surface area contributed by atoms with Gasteiger partial charge in [0.05, 0.1) is 0 Å². The van der Waals surface area contributed by atoms with Crippen molar-refractivity contribution in [3.05, 3.63) is 40.6 Å². The third kappa shape index (κ3) is 1.66. The maximum atomic E-state index is 11.1. The summed E-state index contributed by atoms with van der Waals surface area (Å²) < 4.78 is 0. The molecule has 2 heterocycles. The first kappa shape index (κ1) is 8.55. The average Bonchev–Trinajstić information content (AvgIpc) is 2.18. The molecule has 0 bridgehead atoms. The van der Waals surface area contributed by atoms with Crippen molar-refractivity contribution >= 4 is 0 Å². The van der Waals surface area contributed by atoms with Crippen molar-refractivity contribution in [1.29, 1.82) is 0 Å². The van der Waals surface area contributed by atoms with E-state index in [2.05, 4.69) is 19.9 Å². The Kier molecular flexibility index (Phi) is 2.06. The Morgan fingerprint density at radius 2 is 2.00 bits per heavy atom. The molecule has 2 rings (SSSR count). The first-order valence-electron chi connectivity index (χ1n) is 4.11. The fourth-order valence-corrected chi connectivity index (χ4v) is 1.11. The first-order valence-corrected chi connectivity index (χ1v) is 4.11. The summed E-state index contributed by atoms with van der Waals surface area (Å²) in [5, 5.41) is 0. The lowest BCUT2D eigenvalue weighted by Crippen LogP contribution is -2.09. The van der Waals surface area contributed by atoms with Crippen LogP contribution in [-0.4, -0.2) is 19.9 Å². The van der Waals surface area contributed by atoms with Crippen LogP contribution >= 0.6 is 0 Å². The summed E-state index contributed by atoms with van der Waals surface area (Å²) in [6, 6.07) is 3.13. The van der Waals surface area contributed by atoms with Gasteiger partial charge in [-0.05, 0) is 13.0 Å². The van der Waals surface area contributed by atoms with E-state index in [-0.39, 0.29) is 5.56 Å². The van der Waals surface area contributed by atoms with Gasteiger partial charge in [0.25, 0.3) is 5.56 Å². The number of nitrogens with zero attached hydrogens (tertiary/aromatic N) is 3. The fourth-order valence-electron chi connectivity index (χ4n) is 1.11. The second kappa shape index (κ2) is 3.37. The minimum Gasteiger partial charge on any atom is -0.304 e. The lowest BCUT2D eigenvalue weighted by atomic mass is 10.4. The molecule has 0 spiro atoms. The van der Waals surface area contributed by atoms with Crippen molar-refractivity contribution in [2.45, 2.75) is 6.92 Å². The van der Waals surface area contributed by atoms with E-state index < -0.39 is 0 Å². The van der Waals surface area contributed by atoms with E-state index in [0.29, 0.717) is 17.3 Å². The second-order valence-corrected chi connectivity index (χ2v) is 2.81. The summed E-state index contributed by atoms with van der Waals surface area (Å²) in [5.74, 6) is 0.823. The van der Waals surface area contributed by atoms with E-state index in [1.807, 2.05) is 0 Å². The van der Waals surface area contributed by atoms with Crippen LogP contribution in [0, 0.1) is 6.92 Å². The van der Waals surface area contributed by atoms with E-state index in [4.69, 9.17) is 0 Å². The number of rotatable bonds is 1. The summed E-state index contributed by atoms with van der Waals surface area (Å²) in [6.07, 6.45) is 3.20. The molecule has 1 N–H and O–H groups in total. The zero-order valence-electron chi connectivity index (χ0n) is 7.56. The summed E-state index contributed by atoms with van der Waals surface area (Å²) in [4.78, 5) is 25.8. The zero-order valence-corrected chi connectivity index (χ0v) is 7.56. The van der Waals surface area contributed by atoms with Gasteiger partial charge in [-0.2, -0.15) is 0 Å². The third-order valence-electron chi connectivity index (χ3n) is 1.65. The topological polar surface area (TPSA) is 71.5 Å². The fraction of sp³-hybridized carbons (Fsp3) is 0.111. The highest BCUT2D eigenvalue weighted by atomic mass is 16.1. The van der Waals surface area contributed by atoms with Crippen LogP contribution in [-0.2, 0) is 0 Å². The van der Waals surface area contributed by atoms with E-state index in [9.17, 15) is 4.79 Å². The Hall–Kier alpha value is -2.04. The molecule has 0 aliphatic rings. The Morgan fingerprint density at radius 3 is 2.64 bits per heavy atom. The number of nitrogens with one attached hydrogen (secondary N) is 1. The molecule has 2 aromatic heterocycles. The van der Waals surface area contributed by atoms with Gasteiger partial charge >= 0.3 is 0 Å². The van der Waals surface area contributed by atoms with Gasteiger partial charge in [0.15, 0.2) is 11.6 Å². The van der Waals surface area contributed by atoms with Gasteiger partial charge in [0.2, 0.25) is 0 Å². The van der Waals surface area contributed by atoms with Gasteiger partial charge in [-0.15, -0.1) is 0 Å². The molecule has 5 heteroatoms. The molecule has 0 aliphatic heterocycles. The van der Waals surface area contributed by atoms with Crippen molar-refractivity contribution in [3.8, 4) is 11.6 Å². The van der Waals surface area contributed by atoms with Gasteiger partial charge in [0.1, 0.15) is 0 Å². The normalized spacial score (nSPS) is 10.1. The van der Waals surface area contributed by atoms with Crippen molar-refractivity contribution in [2.24, 2.45) is 0 Å². The van der Waals surface area contributed by atoms with Crippen molar-refractivity contribution in [1.82, 2.24) is 19.9 Å². The van der Waals surface area contributed by atoms with Gasteiger partial charge < -0.3 is 4.98 Å². The molecule has 0 radical (unpaired) electrons. The predicted octanol–water partition coefficient (Wildman–Crippen LogP) is 0.535. The Labute approximate surface area is 79.9 Å². The Morgan fingerprint density at radius 1 is 1.29 bits per heavy atom. The lowest BCUT2D eigenvalue weighted by molar-refractivity contribution is 1.02. The van der Waals surface area contributed by atoms with Crippen LogP contribution in [0.25, 0.3) is 11.6 Å². The standard InChI is InChI=1S/C9H8N4O/c1-6-5-7(14)13-9(12-6)8-10-3-2-4-11-8/h2-5H,1H3,(H,12,13,14). The number of aromatic nitrogens is 4. The summed E-state index contributed by atoms with van der Waals surface area (Å²) in [6.45, 7) is 1.75. The highest BCUT2D eigenvalue weighted by Crippen LogP contribution is 2.04. The molecule has 0 amide bonds. The minimum absolute atomic E-state index is 0.194. The van der Waals surface area contributed by atoms with Crippen LogP contribution in [0.3, 0.4) is 0 Å². The van der Waals surface area contributed by atoms with Crippen LogP contribution in [0.2, 0.25) is 0 Å². The molecular weight excluding hydrogens is 180 g/mol. The quantitative estimate of drug-likeness (QED) is 0.708. The Balaban J connectivity index is 2.58. The number of aryl methyl sites for hydroxylation is 1. The SMILES string of the molecule is Cc1cc(=O)[nH]c(-c2ncccn2)n1. The van der Waals surface area contributed by atoms with E-state index >= 15 is 0 Å². The predicted molar refractivity (Wildman–Crippen MR) is 50.6 cm³/mol. The van der Waals surface area contributed by atoms with Gasteiger partial charge in [-0.25, -0.2) is 15.0 Å². The highest BCUT2D eigenvalue weighted by molar-refractivity contribution is 5.41. The monoisotopic (exact) mass is 188 g/mol. The van der Waals surface area contributed by atoms with Gasteiger partial charge in [-0.3, -0.25) is 4.79 Å². The van der Waals surface area contributed by atoms with Crippen LogP contribution < -0.4 is 5.56 Å². The molecule has 0 aromatic carbocycles. The molecule has 0 aliphatic carbocycles. The van der Waals surface area contributed by atoms with Gasteiger partial charge in [-0.1, -0.05) is 0 Å². The molecule has 0 fully saturated rings. The van der Waals surface area contributed by atoms with Crippen molar-refractivity contribution in [2.75, 3.05) is 0 Å². The number of hydrogen-bond donors (Lipinski definition) is 1. The third-order valence-corrected chi connectivity index (χ3v) is 1.65. The number of aromatic amines is 1. The molecule has 0 unspecified atom stereocenters. The molecule has 2 aromatic rings. The number of H-pyrrole nitrogens is 1. The summed E-state index contributed by atoms with van der Waals surface area (Å²) in [7, 11) is 0.